The van der Waals surface area contributed by atoms with Crippen LogP contribution < -0.4 is 4.74 Å². The summed E-state index contributed by atoms with van der Waals surface area (Å²) in [5, 5.41) is 0.552. The molecule has 1 heterocycles. The third kappa shape index (κ3) is 2.49. The van der Waals surface area contributed by atoms with E-state index >= 15 is 0 Å². The summed E-state index contributed by atoms with van der Waals surface area (Å²) in [6.07, 6.45) is 0. The van der Waals surface area contributed by atoms with Gasteiger partial charge in [-0.2, -0.15) is 0 Å². The SMILES string of the molecule is Cn1c(-c2ccccc2)nc(-c2ccccc2Cl)c1OC=O. The highest BCUT2D eigenvalue weighted by atomic mass is 35.5. The summed E-state index contributed by atoms with van der Waals surface area (Å²) in [4.78, 5) is 15.5. The predicted molar refractivity (Wildman–Crippen MR) is 85.8 cm³/mol. The molecule has 0 radical (unpaired) electrons. The Morgan fingerprint density at radius 1 is 1.09 bits per heavy atom. The van der Waals surface area contributed by atoms with Crippen LogP contribution >= 0.6 is 11.6 Å². The molecule has 0 amide bonds. The molecule has 3 rings (SSSR count). The van der Waals surface area contributed by atoms with Gasteiger partial charge in [0.15, 0.2) is 0 Å². The van der Waals surface area contributed by atoms with E-state index in [-0.39, 0.29) is 0 Å². The Balaban J connectivity index is 2.22. The van der Waals surface area contributed by atoms with Crippen LogP contribution in [-0.4, -0.2) is 16.0 Å². The van der Waals surface area contributed by atoms with Crippen molar-refractivity contribution >= 4 is 18.1 Å². The molecule has 110 valence electrons. The number of nitrogens with zero attached hydrogens (tertiary/aromatic N) is 2. The maximum absolute atomic E-state index is 10.8. The smallest absolute Gasteiger partial charge is 0.299 e. The third-order valence-corrected chi connectivity index (χ3v) is 3.69. The van der Waals surface area contributed by atoms with Crippen molar-refractivity contribution in [2.24, 2.45) is 7.05 Å². The molecule has 22 heavy (non-hydrogen) atoms. The highest BCUT2D eigenvalue weighted by molar-refractivity contribution is 6.33. The average molecular weight is 313 g/mol. The van der Waals surface area contributed by atoms with Gasteiger partial charge in [-0.1, -0.05) is 60.1 Å². The third-order valence-electron chi connectivity index (χ3n) is 3.36. The number of hydrogen-bond donors (Lipinski definition) is 0. The van der Waals surface area contributed by atoms with Crippen molar-refractivity contribution in [2.45, 2.75) is 0 Å². The van der Waals surface area contributed by atoms with Crippen molar-refractivity contribution < 1.29 is 9.53 Å². The number of aromatic nitrogens is 2. The molecule has 0 atom stereocenters. The van der Waals surface area contributed by atoms with E-state index in [1.54, 1.807) is 17.7 Å². The van der Waals surface area contributed by atoms with Gasteiger partial charge in [0, 0.05) is 18.2 Å². The van der Waals surface area contributed by atoms with Gasteiger partial charge >= 0.3 is 0 Å². The lowest BCUT2D eigenvalue weighted by Crippen LogP contribution is -1.99. The quantitative estimate of drug-likeness (QED) is 0.685. The molecular formula is C17H13ClN2O2. The van der Waals surface area contributed by atoms with Gasteiger partial charge < -0.3 is 4.74 Å². The van der Waals surface area contributed by atoms with E-state index in [1.165, 1.54) is 0 Å². The van der Waals surface area contributed by atoms with Crippen LogP contribution in [0.5, 0.6) is 5.88 Å². The second-order valence-electron chi connectivity index (χ2n) is 4.71. The topological polar surface area (TPSA) is 44.1 Å². The average Bonchev–Trinajstić information content (AvgIpc) is 2.86. The van der Waals surface area contributed by atoms with E-state index in [0.717, 1.165) is 11.1 Å². The Kier molecular flexibility index (Phi) is 3.94. The summed E-state index contributed by atoms with van der Waals surface area (Å²) in [5.74, 6) is 1.06. The molecule has 2 aromatic carbocycles. The number of carbonyl (C=O) groups is 1. The normalized spacial score (nSPS) is 10.5. The Morgan fingerprint density at radius 2 is 1.77 bits per heavy atom. The highest BCUT2D eigenvalue weighted by Crippen LogP contribution is 2.36. The molecule has 0 saturated heterocycles. The molecular weight excluding hydrogens is 300 g/mol. The predicted octanol–water partition coefficient (Wildman–Crippen LogP) is 3.94. The first-order valence-electron chi connectivity index (χ1n) is 6.69. The van der Waals surface area contributed by atoms with Gasteiger partial charge in [0.2, 0.25) is 5.88 Å². The van der Waals surface area contributed by atoms with E-state index in [9.17, 15) is 4.79 Å². The fraction of sp³-hybridized carbons (Fsp3) is 0.0588. The van der Waals surface area contributed by atoms with Crippen molar-refractivity contribution in [2.75, 3.05) is 0 Å². The van der Waals surface area contributed by atoms with E-state index in [4.69, 9.17) is 16.3 Å². The maximum Gasteiger partial charge on any atom is 0.299 e. The monoisotopic (exact) mass is 312 g/mol. The van der Waals surface area contributed by atoms with Crippen LogP contribution in [0, 0.1) is 0 Å². The van der Waals surface area contributed by atoms with Crippen LogP contribution in [0.25, 0.3) is 22.6 Å². The van der Waals surface area contributed by atoms with Crippen LogP contribution in [0.3, 0.4) is 0 Å². The van der Waals surface area contributed by atoms with Crippen LogP contribution in [0.15, 0.2) is 54.6 Å². The Hall–Kier alpha value is -2.59. The number of ether oxygens (including phenoxy) is 1. The van der Waals surface area contributed by atoms with Crippen LogP contribution in [0.1, 0.15) is 0 Å². The van der Waals surface area contributed by atoms with E-state index in [2.05, 4.69) is 4.98 Å². The molecule has 0 spiro atoms. The number of carbonyl (C=O) groups excluding carboxylic acids is 1. The first-order valence-corrected chi connectivity index (χ1v) is 7.07. The van der Waals surface area contributed by atoms with Gasteiger partial charge in [-0.3, -0.25) is 9.36 Å². The van der Waals surface area contributed by atoms with E-state index in [1.807, 2.05) is 48.5 Å². The lowest BCUT2D eigenvalue weighted by molar-refractivity contribution is -0.121. The first kappa shape index (κ1) is 14.4. The molecule has 0 N–H and O–H groups in total. The van der Waals surface area contributed by atoms with Crippen molar-refractivity contribution in [1.29, 1.82) is 0 Å². The Bertz CT molecular complexity index is 813. The zero-order chi connectivity index (χ0) is 15.5. The molecule has 3 aromatic rings. The Morgan fingerprint density at radius 3 is 2.45 bits per heavy atom. The molecule has 5 heteroatoms. The van der Waals surface area contributed by atoms with Crippen LogP contribution in [-0.2, 0) is 11.8 Å². The summed E-state index contributed by atoms with van der Waals surface area (Å²) in [7, 11) is 1.80. The second kappa shape index (κ2) is 6.03. The number of benzene rings is 2. The molecule has 1 aromatic heterocycles. The molecule has 0 unspecified atom stereocenters. The fourth-order valence-corrected chi connectivity index (χ4v) is 2.56. The molecule has 0 aliphatic rings. The minimum absolute atomic E-state index is 0.363. The highest BCUT2D eigenvalue weighted by Gasteiger charge is 2.20. The number of hydrogen-bond acceptors (Lipinski definition) is 3. The summed E-state index contributed by atoms with van der Waals surface area (Å²) >= 11 is 6.25. The zero-order valence-electron chi connectivity index (χ0n) is 11.9. The van der Waals surface area contributed by atoms with Crippen molar-refractivity contribution in [3.05, 3.63) is 59.6 Å². The van der Waals surface area contributed by atoms with Gasteiger partial charge in [0.25, 0.3) is 6.47 Å². The zero-order valence-corrected chi connectivity index (χ0v) is 12.6. The molecule has 4 nitrogen and oxygen atoms in total. The van der Waals surface area contributed by atoms with Gasteiger partial charge in [-0.25, -0.2) is 4.98 Å². The summed E-state index contributed by atoms with van der Waals surface area (Å²) in [6, 6.07) is 17.0. The van der Waals surface area contributed by atoms with Crippen LogP contribution in [0.4, 0.5) is 0 Å². The molecule has 0 bridgehead atoms. The Labute approximate surface area is 132 Å². The van der Waals surface area contributed by atoms with E-state index in [0.29, 0.717) is 28.9 Å². The number of halogens is 1. The standard InChI is InChI=1S/C17H13ClN2O2/c1-20-16(12-7-3-2-4-8-12)19-15(17(20)22-11-21)13-9-5-6-10-14(13)18/h2-11H,1H3. The summed E-state index contributed by atoms with van der Waals surface area (Å²) in [6.45, 7) is 0.395. The fourth-order valence-electron chi connectivity index (χ4n) is 2.34. The summed E-state index contributed by atoms with van der Waals surface area (Å²) in [5.41, 5.74) is 2.19. The minimum Gasteiger partial charge on any atom is -0.409 e. The summed E-state index contributed by atoms with van der Waals surface area (Å²) < 4.78 is 6.88. The lowest BCUT2D eigenvalue weighted by atomic mass is 10.1. The van der Waals surface area contributed by atoms with Gasteiger partial charge in [-0.15, -0.1) is 0 Å². The van der Waals surface area contributed by atoms with Crippen molar-refractivity contribution in [1.82, 2.24) is 9.55 Å². The second-order valence-corrected chi connectivity index (χ2v) is 5.12. The molecule has 0 saturated carbocycles. The van der Waals surface area contributed by atoms with Crippen molar-refractivity contribution in [3.8, 4) is 28.5 Å². The molecule has 0 aliphatic heterocycles. The number of imidazole rings is 1. The van der Waals surface area contributed by atoms with Crippen LogP contribution in [0.2, 0.25) is 5.02 Å². The van der Waals surface area contributed by atoms with Gasteiger partial charge in [-0.05, 0) is 6.07 Å². The van der Waals surface area contributed by atoms with E-state index < -0.39 is 0 Å². The van der Waals surface area contributed by atoms with Crippen molar-refractivity contribution in [3.63, 3.8) is 0 Å². The largest absolute Gasteiger partial charge is 0.409 e. The first-order chi connectivity index (χ1) is 10.7. The van der Waals surface area contributed by atoms with Gasteiger partial charge in [0.1, 0.15) is 11.5 Å². The molecule has 0 fully saturated rings. The maximum atomic E-state index is 10.8. The van der Waals surface area contributed by atoms with Gasteiger partial charge in [0.05, 0.1) is 5.02 Å². The molecule has 0 aliphatic carbocycles. The lowest BCUT2D eigenvalue weighted by Gasteiger charge is -2.05. The minimum atomic E-state index is 0.363. The number of rotatable bonds is 4.